The number of nitrogens with zero attached hydrogens (tertiary/aromatic N) is 2. The van der Waals surface area contributed by atoms with Gasteiger partial charge in [0.1, 0.15) is 17.3 Å². The Balaban J connectivity index is 1.54. The minimum atomic E-state index is -0.347. The highest BCUT2D eigenvalue weighted by molar-refractivity contribution is 6.14. The van der Waals surface area contributed by atoms with Crippen LogP contribution >= 0.6 is 0 Å². The molecule has 0 spiro atoms. The normalized spacial score (nSPS) is 16.2. The predicted octanol–water partition coefficient (Wildman–Crippen LogP) is 5.37. The zero-order chi connectivity index (χ0) is 20.5. The molecule has 5 heteroatoms. The van der Waals surface area contributed by atoms with Gasteiger partial charge >= 0.3 is 0 Å². The average molecular weight is 386 g/mol. The monoisotopic (exact) mass is 386 g/mol. The van der Waals surface area contributed by atoms with Crippen molar-refractivity contribution in [3.63, 3.8) is 0 Å². The number of aryl methyl sites for hydroxylation is 1. The van der Waals surface area contributed by atoms with Gasteiger partial charge in [-0.1, -0.05) is 36.9 Å². The van der Waals surface area contributed by atoms with Crippen molar-refractivity contribution in [1.82, 2.24) is 0 Å². The molecule has 1 N–H and O–H groups in total. The van der Waals surface area contributed by atoms with Crippen LogP contribution in [0.15, 0.2) is 76.8 Å². The summed E-state index contributed by atoms with van der Waals surface area (Å²) in [5.41, 5.74) is 4.01. The quantitative estimate of drug-likeness (QED) is 0.600. The van der Waals surface area contributed by atoms with Crippen molar-refractivity contribution in [3.05, 3.63) is 84.1 Å². The van der Waals surface area contributed by atoms with E-state index in [4.69, 9.17) is 4.42 Å². The van der Waals surface area contributed by atoms with E-state index in [0.717, 1.165) is 22.5 Å². The van der Waals surface area contributed by atoms with E-state index in [2.05, 4.69) is 11.7 Å². The number of hydrogen-bond acceptors (Lipinski definition) is 4. The smallest absolute Gasteiger partial charge is 0.256 e. The van der Waals surface area contributed by atoms with Crippen molar-refractivity contribution in [2.45, 2.75) is 20.3 Å². The van der Waals surface area contributed by atoms with Crippen LogP contribution in [0.1, 0.15) is 23.8 Å². The summed E-state index contributed by atoms with van der Waals surface area (Å²) >= 11 is 0. The van der Waals surface area contributed by atoms with Crippen molar-refractivity contribution in [1.29, 1.82) is 0 Å². The SMILES string of the molecule is C=C(O)c1cc(-c2ccc(CC3C(=O)N(c4ccccc4)N=C3C)o2)ccc1C. The van der Waals surface area contributed by atoms with E-state index in [1.807, 2.05) is 74.5 Å². The van der Waals surface area contributed by atoms with E-state index in [-0.39, 0.29) is 17.6 Å². The minimum Gasteiger partial charge on any atom is -0.508 e. The third kappa shape index (κ3) is 3.59. The van der Waals surface area contributed by atoms with E-state index < -0.39 is 0 Å². The molecule has 5 nitrogen and oxygen atoms in total. The van der Waals surface area contributed by atoms with Gasteiger partial charge in [-0.3, -0.25) is 4.79 Å². The molecule has 0 fully saturated rings. The molecule has 1 amide bonds. The van der Waals surface area contributed by atoms with Gasteiger partial charge in [-0.25, -0.2) is 5.01 Å². The van der Waals surface area contributed by atoms with E-state index in [0.29, 0.717) is 23.5 Å². The van der Waals surface area contributed by atoms with E-state index in [9.17, 15) is 9.90 Å². The molecule has 29 heavy (non-hydrogen) atoms. The Morgan fingerprint density at radius 3 is 2.62 bits per heavy atom. The number of aliphatic hydroxyl groups excluding tert-OH is 1. The van der Waals surface area contributed by atoms with Gasteiger partial charge in [0.25, 0.3) is 5.91 Å². The first-order valence-corrected chi connectivity index (χ1v) is 9.46. The Hall–Kier alpha value is -3.60. The molecule has 3 aromatic rings. The number of hydrogen-bond donors (Lipinski definition) is 1. The Labute approximate surface area is 169 Å². The summed E-state index contributed by atoms with van der Waals surface area (Å²) in [6.07, 6.45) is 0.447. The van der Waals surface area contributed by atoms with Crippen LogP contribution in [-0.2, 0) is 11.2 Å². The summed E-state index contributed by atoms with van der Waals surface area (Å²) in [6, 6.07) is 18.9. The van der Waals surface area contributed by atoms with Crippen LogP contribution in [0, 0.1) is 12.8 Å². The van der Waals surface area contributed by atoms with Crippen LogP contribution in [-0.4, -0.2) is 16.7 Å². The van der Waals surface area contributed by atoms with Crippen LogP contribution in [0.3, 0.4) is 0 Å². The van der Waals surface area contributed by atoms with Gasteiger partial charge < -0.3 is 9.52 Å². The van der Waals surface area contributed by atoms with E-state index >= 15 is 0 Å². The van der Waals surface area contributed by atoms with E-state index in [1.54, 1.807) is 0 Å². The second-order valence-corrected chi connectivity index (χ2v) is 7.23. The maximum absolute atomic E-state index is 12.9. The van der Waals surface area contributed by atoms with Gasteiger partial charge in [-0.15, -0.1) is 0 Å². The van der Waals surface area contributed by atoms with Gasteiger partial charge in [-0.05, 0) is 49.7 Å². The van der Waals surface area contributed by atoms with Gasteiger partial charge in [-0.2, -0.15) is 5.10 Å². The number of para-hydroxylation sites is 1. The summed E-state index contributed by atoms with van der Waals surface area (Å²) in [6.45, 7) is 7.40. The predicted molar refractivity (Wildman–Crippen MR) is 115 cm³/mol. The molecule has 1 aromatic heterocycles. The van der Waals surface area contributed by atoms with Crippen LogP contribution in [0.5, 0.6) is 0 Å². The molecule has 0 saturated heterocycles. The molecule has 146 valence electrons. The van der Waals surface area contributed by atoms with Crippen molar-refractivity contribution < 1.29 is 14.3 Å². The molecule has 2 aromatic carbocycles. The largest absolute Gasteiger partial charge is 0.508 e. The van der Waals surface area contributed by atoms with Crippen LogP contribution < -0.4 is 5.01 Å². The lowest BCUT2D eigenvalue weighted by atomic mass is 9.99. The number of benzene rings is 2. The molecule has 1 atom stereocenters. The summed E-state index contributed by atoms with van der Waals surface area (Å²) in [5.74, 6) is 1.02. The summed E-state index contributed by atoms with van der Waals surface area (Å²) in [5, 5.41) is 15.7. The second-order valence-electron chi connectivity index (χ2n) is 7.23. The summed E-state index contributed by atoms with van der Waals surface area (Å²) in [4.78, 5) is 12.9. The fourth-order valence-corrected chi connectivity index (χ4v) is 3.52. The minimum absolute atomic E-state index is 0.0283. The highest BCUT2D eigenvalue weighted by atomic mass is 16.3. The molecular weight excluding hydrogens is 364 g/mol. The third-order valence-corrected chi connectivity index (χ3v) is 5.17. The molecule has 0 bridgehead atoms. The Morgan fingerprint density at radius 2 is 1.90 bits per heavy atom. The first-order valence-electron chi connectivity index (χ1n) is 9.46. The zero-order valence-electron chi connectivity index (χ0n) is 16.4. The topological polar surface area (TPSA) is 66.0 Å². The average Bonchev–Trinajstić information content (AvgIpc) is 3.29. The summed E-state index contributed by atoms with van der Waals surface area (Å²) < 4.78 is 6.01. The third-order valence-electron chi connectivity index (χ3n) is 5.17. The molecule has 0 saturated carbocycles. The van der Waals surface area contributed by atoms with E-state index in [1.165, 1.54) is 5.01 Å². The van der Waals surface area contributed by atoms with Crippen molar-refractivity contribution in [2.24, 2.45) is 11.0 Å². The highest BCUT2D eigenvalue weighted by Crippen LogP contribution is 2.30. The van der Waals surface area contributed by atoms with Crippen molar-refractivity contribution in [3.8, 4) is 11.3 Å². The number of carbonyl (C=O) groups excluding carboxylic acids is 1. The van der Waals surface area contributed by atoms with Gasteiger partial charge in [0, 0.05) is 23.3 Å². The van der Waals surface area contributed by atoms with Gasteiger partial charge in [0.05, 0.1) is 11.6 Å². The van der Waals surface area contributed by atoms with Crippen LogP contribution in [0.25, 0.3) is 17.1 Å². The molecular formula is C24H22N2O3. The molecule has 4 rings (SSSR count). The zero-order valence-corrected chi connectivity index (χ0v) is 16.4. The Morgan fingerprint density at radius 1 is 1.14 bits per heavy atom. The maximum Gasteiger partial charge on any atom is 0.256 e. The standard InChI is InChI=1S/C24H22N2O3/c1-15-9-10-18(13-21(15)17(3)27)23-12-11-20(29-23)14-22-16(2)25-26(24(22)28)19-7-5-4-6-8-19/h4-13,22,27H,3,14H2,1-2H3. The molecule has 2 heterocycles. The number of carbonyl (C=O) groups is 1. The van der Waals surface area contributed by atoms with Crippen LogP contribution in [0.4, 0.5) is 5.69 Å². The number of aliphatic hydroxyl groups is 1. The lowest BCUT2D eigenvalue weighted by molar-refractivity contribution is -0.119. The first-order chi connectivity index (χ1) is 13.9. The summed E-state index contributed by atoms with van der Waals surface area (Å²) in [7, 11) is 0. The van der Waals surface area contributed by atoms with Crippen LogP contribution in [0.2, 0.25) is 0 Å². The van der Waals surface area contributed by atoms with Gasteiger partial charge in [0.2, 0.25) is 0 Å². The number of anilines is 1. The first kappa shape index (κ1) is 18.7. The second kappa shape index (κ2) is 7.43. The Kier molecular flexibility index (Phi) is 4.80. The highest BCUT2D eigenvalue weighted by Gasteiger charge is 2.35. The van der Waals surface area contributed by atoms with Crippen molar-refractivity contribution >= 4 is 23.1 Å². The molecule has 0 aliphatic carbocycles. The lowest BCUT2D eigenvalue weighted by Crippen LogP contribution is -2.28. The Bertz CT molecular complexity index is 1110. The van der Waals surface area contributed by atoms with Gasteiger partial charge in [0.15, 0.2) is 0 Å². The fraction of sp³-hybridized carbons (Fsp3) is 0.167. The van der Waals surface area contributed by atoms with Crippen molar-refractivity contribution in [2.75, 3.05) is 5.01 Å². The number of furan rings is 1. The number of hydrazone groups is 1. The number of amides is 1. The lowest BCUT2D eigenvalue weighted by Gasteiger charge is -2.13. The molecule has 1 unspecified atom stereocenters. The maximum atomic E-state index is 12.9. The number of rotatable bonds is 5. The molecule has 1 aliphatic rings. The fourth-order valence-electron chi connectivity index (χ4n) is 3.52. The molecule has 0 radical (unpaired) electrons. The molecule has 1 aliphatic heterocycles.